The summed E-state index contributed by atoms with van der Waals surface area (Å²) in [6.45, 7) is 1.62. The van der Waals surface area contributed by atoms with Gasteiger partial charge in [-0.3, -0.25) is 9.59 Å². The minimum absolute atomic E-state index is 0.206. The number of rotatable bonds is 4. The Morgan fingerprint density at radius 3 is 2.50 bits per heavy atom. The van der Waals surface area contributed by atoms with Gasteiger partial charge in [-0.25, -0.2) is 4.39 Å². The number of hydrogen-bond donors (Lipinski definition) is 3. The Morgan fingerprint density at radius 2 is 1.86 bits per heavy atom. The summed E-state index contributed by atoms with van der Waals surface area (Å²) in [5.74, 6) is -1.43. The molecule has 0 aliphatic carbocycles. The van der Waals surface area contributed by atoms with Gasteiger partial charge in [0.1, 0.15) is 5.82 Å². The molecule has 5 nitrogen and oxygen atoms in total. The van der Waals surface area contributed by atoms with E-state index in [1.807, 2.05) is 6.92 Å². The molecule has 5 N–H and O–H groups in total. The number of hydrogen-bond acceptors (Lipinski definition) is 3. The third-order valence-electron chi connectivity index (χ3n) is 3.25. The van der Waals surface area contributed by atoms with E-state index in [9.17, 15) is 14.0 Å². The van der Waals surface area contributed by atoms with Crippen molar-refractivity contribution >= 4 is 17.5 Å². The van der Waals surface area contributed by atoms with Gasteiger partial charge in [0.25, 0.3) is 0 Å². The Bertz CT molecular complexity index is 744. The van der Waals surface area contributed by atoms with Crippen LogP contribution in [0.3, 0.4) is 0 Å². The first-order valence-corrected chi connectivity index (χ1v) is 6.62. The predicted octanol–water partition coefficient (Wildman–Crippen LogP) is 1.80. The molecule has 2 amide bonds. The third-order valence-corrected chi connectivity index (χ3v) is 3.25. The molecule has 0 radical (unpaired) electrons. The predicted molar refractivity (Wildman–Crippen MR) is 82.8 cm³/mol. The first-order valence-electron chi connectivity index (χ1n) is 6.62. The van der Waals surface area contributed by atoms with Gasteiger partial charge >= 0.3 is 0 Å². The normalized spacial score (nSPS) is 10.3. The minimum atomic E-state index is -0.620. The van der Waals surface area contributed by atoms with Crippen molar-refractivity contribution < 1.29 is 14.0 Å². The van der Waals surface area contributed by atoms with Crippen molar-refractivity contribution in [3.05, 3.63) is 53.3 Å². The maximum atomic E-state index is 13.5. The van der Waals surface area contributed by atoms with Gasteiger partial charge in [-0.1, -0.05) is 12.1 Å². The van der Waals surface area contributed by atoms with E-state index in [1.165, 1.54) is 24.3 Å². The fourth-order valence-electron chi connectivity index (χ4n) is 2.12. The molecule has 2 aromatic rings. The standard InChI is InChI=1S/C16H16FN3O2/c1-9-2-4-11(17)7-13(9)12-5-3-10(16(19)22)6-14(12)20-15(21)8-18/h2-7H,8,18H2,1H3,(H2,19,22)(H,20,21). The fourth-order valence-corrected chi connectivity index (χ4v) is 2.12. The second kappa shape index (κ2) is 6.36. The molecule has 0 heterocycles. The van der Waals surface area contributed by atoms with Crippen LogP contribution < -0.4 is 16.8 Å². The number of aryl methyl sites for hydroxylation is 1. The number of amides is 2. The molecule has 114 valence electrons. The average Bonchev–Trinajstić information content (AvgIpc) is 2.49. The molecule has 0 bridgehead atoms. The highest BCUT2D eigenvalue weighted by Gasteiger charge is 2.13. The lowest BCUT2D eigenvalue weighted by atomic mass is 9.97. The lowest BCUT2D eigenvalue weighted by Gasteiger charge is -2.14. The molecule has 2 rings (SSSR count). The summed E-state index contributed by atoms with van der Waals surface area (Å²) in [5.41, 5.74) is 13.2. The van der Waals surface area contributed by atoms with Gasteiger partial charge in [0.15, 0.2) is 0 Å². The van der Waals surface area contributed by atoms with Crippen molar-refractivity contribution in [2.24, 2.45) is 11.5 Å². The smallest absolute Gasteiger partial charge is 0.248 e. The Kier molecular flexibility index (Phi) is 4.53. The summed E-state index contributed by atoms with van der Waals surface area (Å²) in [6.07, 6.45) is 0. The summed E-state index contributed by atoms with van der Waals surface area (Å²) in [4.78, 5) is 22.9. The van der Waals surface area contributed by atoms with Crippen molar-refractivity contribution in [2.45, 2.75) is 6.92 Å². The van der Waals surface area contributed by atoms with Gasteiger partial charge in [0.2, 0.25) is 11.8 Å². The zero-order chi connectivity index (χ0) is 16.3. The number of primary amides is 1. The van der Waals surface area contributed by atoms with Crippen molar-refractivity contribution in [1.82, 2.24) is 0 Å². The monoisotopic (exact) mass is 301 g/mol. The molecule has 0 unspecified atom stereocenters. The molecule has 0 atom stereocenters. The van der Waals surface area contributed by atoms with Crippen molar-refractivity contribution in [3.8, 4) is 11.1 Å². The molecule has 0 aromatic heterocycles. The molecule has 0 spiro atoms. The van der Waals surface area contributed by atoms with Crippen LogP contribution in [0.2, 0.25) is 0 Å². The van der Waals surface area contributed by atoms with Crippen molar-refractivity contribution in [2.75, 3.05) is 11.9 Å². The number of halogens is 1. The lowest BCUT2D eigenvalue weighted by Crippen LogP contribution is -2.22. The Hall–Kier alpha value is -2.73. The van der Waals surface area contributed by atoms with E-state index in [0.29, 0.717) is 16.8 Å². The zero-order valence-corrected chi connectivity index (χ0v) is 12.0. The molecule has 2 aromatic carbocycles. The molecular weight excluding hydrogens is 285 g/mol. The van der Waals surface area contributed by atoms with Crippen molar-refractivity contribution in [3.63, 3.8) is 0 Å². The van der Waals surface area contributed by atoms with E-state index in [-0.39, 0.29) is 12.1 Å². The van der Waals surface area contributed by atoms with Crippen LogP contribution in [-0.4, -0.2) is 18.4 Å². The zero-order valence-electron chi connectivity index (χ0n) is 12.0. The summed E-state index contributed by atoms with van der Waals surface area (Å²) in [5, 5.41) is 2.61. The molecule has 6 heteroatoms. The molecule has 0 saturated heterocycles. The molecule has 0 aliphatic heterocycles. The average molecular weight is 301 g/mol. The maximum Gasteiger partial charge on any atom is 0.248 e. The van der Waals surface area contributed by atoms with Crippen LogP contribution in [0.1, 0.15) is 15.9 Å². The van der Waals surface area contributed by atoms with Crippen LogP contribution in [0.25, 0.3) is 11.1 Å². The van der Waals surface area contributed by atoms with Gasteiger partial charge < -0.3 is 16.8 Å². The number of anilines is 1. The minimum Gasteiger partial charge on any atom is -0.366 e. The second-order valence-corrected chi connectivity index (χ2v) is 4.84. The summed E-state index contributed by atoms with van der Waals surface area (Å²) in [7, 11) is 0. The van der Waals surface area contributed by atoms with Crippen LogP contribution in [0.4, 0.5) is 10.1 Å². The first-order chi connectivity index (χ1) is 10.4. The molecule has 0 fully saturated rings. The summed E-state index contributed by atoms with van der Waals surface area (Å²) >= 11 is 0. The van der Waals surface area contributed by atoms with Crippen LogP contribution in [-0.2, 0) is 4.79 Å². The highest BCUT2D eigenvalue weighted by Crippen LogP contribution is 2.32. The largest absolute Gasteiger partial charge is 0.366 e. The third kappa shape index (κ3) is 3.29. The summed E-state index contributed by atoms with van der Waals surface area (Å²) in [6, 6.07) is 8.96. The van der Waals surface area contributed by atoms with Crippen LogP contribution in [0, 0.1) is 12.7 Å². The Balaban J connectivity index is 2.60. The van der Waals surface area contributed by atoms with Crippen LogP contribution >= 0.6 is 0 Å². The number of carbonyl (C=O) groups is 2. The highest BCUT2D eigenvalue weighted by atomic mass is 19.1. The fraction of sp³-hybridized carbons (Fsp3) is 0.125. The Morgan fingerprint density at radius 1 is 1.14 bits per heavy atom. The molecule has 22 heavy (non-hydrogen) atoms. The number of carbonyl (C=O) groups excluding carboxylic acids is 2. The van der Waals surface area contributed by atoms with Gasteiger partial charge in [0.05, 0.1) is 6.54 Å². The SMILES string of the molecule is Cc1ccc(F)cc1-c1ccc(C(N)=O)cc1NC(=O)CN. The van der Waals surface area contributed by atoms with E-state index in [0.717, 1.165) is 5.56 Å². The van der Waals surface area contributed by atoms with Gasteiger partial charge in [-0.15, -0.1) is 0 Å². The number of benzene rings is 2. The van der Waals surface area contributed by atoms with E-state index < -0.39 is 17.6 Å². The van der Waals surface area contributed by atoms with Gasteiger partial charge in [0, 0.05) is 16.8 Å². The second-order valence-electron chi connectivity index (χ2n) is 4.84. The quantitative estimate of drug-likeness (QED) is 0.803. The molecule has 0 saturated carbocycles. The molecular formula is C16H16FN3O2. The first kappa shape index (κ1) is 15.7. The van der Waals surface area contributed by atoms with E-state index in [4.69, 9.17) is 11.5 Å². The topological polar surface area (TPSA) is 98.2 Å². The van der Waals surface area contributed by atoms with Crippen LogP contribution in [0.15, 0.2) is 36.4 Å². The number of nitrogens with two attached hydrogens (primary N) is 2. The van der Waals surface area contributed by atoms with E-state index in [2.05, 4.69) is 5.32 Å². The van der Waals surface area contributed by atoms with E-state index >= 15 is 0 Å². The lowest BCUT2D eigenvalue weighted by molar-refractivity contribution is -0.114. The van der Waals surface area contributed by atoms with Crippen molar-refractivity contribution in [1.29, 1.82) is 0 Å². The van der Waals surface area contributed by atoms with E-state index in [1.54, 1.807) is 12.1 Å². The summed E-state index contributed by atoms with van der Waals surface area (Å²) < 4.78 is 13.5. The Labute approximate surface area is 127 Å². The van der Waals surface area contributed by atoms with Gasteiger partial charge in [-0.2, -0.15) is 0 Å². The van der Waals surface area contributed by atoms with Gasteiger partial charge in [-0.05, 0) is 42.3 Å². The number of nitrogens with one attached hydrogen (secondary N) is 1. The maximum absolute atomic E-state index is 13.5. The van der Waals surface area contributed by atoms with Crippen LogP contribution in [0.5, 0.6) is 0 Å². The highest BCUT2D eigenvalue weighted by molar-refractivity contribution is 6.00. The molecule has 0 aliphatic rings.